The minimum Gasteiger partial charge on any atom is -0.311 e. The van der Waals surface area contributed by atoms with E-state index in [0.29, 0.717) is 0 Å². The lowest BCUT2D eigenvalue weighted by atomic mass is 9.73. The van der Waals surface area contributed by atoms with Crippen molar-refractivity contribution in [3.8, 4) is 0 Å². The molecule has 1 heteroatoms. The Kier molecular flexibility index (Phi) is 2.16. The van der Waals surface area contributed by atoms with Crippen molar-refractivity contribution in [2.75, 3.05) is 0 Å². The molecule has 0 aromatic carbocycles. The van der Waals surface area contributed by atoms with E-state index in [0.717, 1.165) is 29.8 Å². The summed E-state index contributed by atoms with van der Waals surface area (Å²) >= 11 is 0. The smallest absolute Gasteiger partial charge is 0.0124 e. The highest BCUT2D eigenvalue weighted by Gasteiger charge is 2.39. The molecule has 1 saturated heterocycles. The van der Waals surface area contributed by atoms with Crippen LogP contribution in [0.3, 0.4) is 0 Å². The van der Waals surface area contributed by atoms with Crippen LogP contribution in [-0.4, -0.2) is 12.1 Å². The van der Waals surface area contributed by atoms with Crippen molar-refractivity contribution in [1.29, 1.82) is 0 Å². The molecule has 2 rings (SSSR count). The van der Waals surface area contributed by atoms with Gasteiger partial charge in [0.1, 0.15) is 0 Å². The summed E-state index contributed by atoms with van der Waals surface area (Å²) in [5.74, 6) is 2.86. The average Bonchev–Trinajstić information content (AvgIpc) is 2.29. The molecule has 1 heterocycles. The van der Waals surface area contributed by atoms with Gasteiger partial charge >= 0.3 is 0 Å². The molecule has 1 aliphatic heterocycles. The van der Waals surface area contributed by atoms with Gasteiger partial charge in [0, 0.05) is 12.1 Å². The van der Waals surface area contributed by atoms with Crippen LogP contribution in [-0.2, 0) is 0 Å². The lowest BCUT2D eigenvalue weighted by molar-refractivity contribution is 0.191. The van der Waals surface area contributed by atoms with Gasteiger partial charge in [-0.2, -0.15) is 0 Å². The minimum atomic E-state index is 0.771. The fourth-order valence-electron chi connectivity index (χ4n) is 3.40. The molecule has 0 bridgehead atoms. The molecule has 0 amide bonds. The van der Waals surface area contributed by atoms with Crippen molar-refractivity contribution >= 4 is 0 Å². The number of hydrogen-bond acceptors (Lipinski definition) is 1. The van der Waals surface area contributed by atoms with Gasteiger partial charge in [-0.05, 0) is 43.9 Å². The molecular weight excluding hydrogens is 146 g/mol. The number of nitrogens with one attached hydrogen (secondary N) is 1. The third-order valence-electron chi connectivity index (χ3n) is 3.73. The SMILES string of the molecule is CC1CC2CC(C)NC2[C@H](C)C1. The molecule has 12 heavy (non-hydrogen) atoms. The van der Waals surface area contributed by atoms with Crippen LogP contribution < -0.4 is 5.32 Å². The van der Waals surface area contributed by atoms with Crippen LogP contribution in [0.5, 0.6) is 0 Å². The van der Waals surface area contributed by atoms with Crippen LogP contribution in [0, 0.1) is 17.8 Å². The van der Waals surface area contributed by atoms with Gasteiger partial charge in [0.05, 0.1) is 0 Å². The number of hydrogen-bond donors (Lipinski definition) is 1. The van der Waals surface area contributed by atoms with Gasteiger partial charge in [-0.25, -0.2) is 0 Å². The molecule has 0 spiro atoms. The topological polar surface area (TPSA) is 12.0 Å². The molecule has 1 N–H and O–H groups in total. The summed E-state index contributed by atoms with van der Waals surface area (Å²) in [5, 5.41) is 3.73. The van der Waals surface area contributed by atoms with Gasteiger partial charge < -0.3 is 5.32 Å². The van der Waals surface area contributed by atoms with Crippen molar-refractivity contribution in [3.63, 3.8) is 0 Å². The highest BCUT2D eigenvalue weighted by molar-refractivity contribution is 4.95. The van der Waals surface area contributed by atoms with Crippen LogP contribution in [0.25, 0.3) is 0 Å². The van der Waals surface area contributed by atoms with Crippen LogP contribution in [0.1, 0.15) is 40.0 Å². The molecule has 0 aromatic rings. The van der Waals surface area contributed by atoms with E-state index in [1.54, 1.807) is 0 Å². The van der Waals surface area contributed by atoms with Crippen LogP contribution in [0.2, 0.25) is 0 Å². The lowest BCUT2D eigenvalue weighted by Gasteiger charge is -2.35. The Bertz CT molecular complexity index is 166. The second kappa shape index (κ2) is 3.02. The summed E-state index contributed by atoms with van der Waals surface area (Å²) in [4.78, 5) is 0. The van der Waals surface area contributed by atoms with Gasteiger partial charge in [0.25, 0.3) is 0 Å². The Balaban J connectivity index is 2.05. The summed E-state index contributed by atoms with van der Waals surface area (Å²) in [6.45, 7) is 7.16. The summed E-state index contributed by atoms with van der Waals surface area (Å²) in [6.07, 6.45) is 4.31. The molecule has 5 atom stereocenters. The van der Waals surface area contributed by atoms with E-state index in [1.807, 2.05) is 0 Å². The summed E-state index contributed by atoms with van der Waals surface area (Å²) in [6, 6.07) is 1.61. The molecule has 0 aromatic heterocycles. The molecule has 70 valence electrons. The highest BCUT2D eigenvalue weighted by atomic mass is 15.0. The zero-order valence-electron chi connectivity index (χ0n) is 8.51. The maximum atomic E-state index is 3.73. The van der Waals surface area contributed by atoms with Gasteiger partial charge in [0.2, 0.25) is 0 Å². The quantitative estimate of drug-likeness (QED) is 0.584. The molecule has 4 unspecified atom stereocenters. The second-order valence-corrected chi connectivity index (χ2v) is 5.14. The predicted octanol–water partition coefficient (Wildman–Crippen LogP) is 2.42. The van der Waals surface area contributed by atoms with E-state index in [2.05, 4.69) is 26.1 Å². The Morgan fingerprint density at radius 3 is 2.50 bits per heavy atom. The third kappa shape index (κ3) is 1.39. The highest BCUT2D eigenvalue weighted by Crippen LogP contribution is 2.39. The zero-order valence-corrected chi connectivity index (χ0v) is 8.51. The Morgan fingerprint density at radius 1 is 1.00 bits per heavy atom. The Labute approximate surface area is 75.9 Å². The molecule has 0 radical (unpaired) electrons. The van der Waals surface area contributed by atoms with Crippen LogP contribution >= 0.6 is 0 Å². The fraction of sp³-hybridized carbons (Fsp3) is 1.00. The second-order valence-electron chi connectivity index (χ2n) is 5.14. The lowest BCUT2D eigenvalue weighted by Crippen LogP contribution is -2.40. The predicted molar refractivity (Wildman–Crippen MR) is 52.1 cm³/mol. The normalized spacial score (nSPS) is 53.8. The van der Waals surface area contributed by atoms with Gasteiger partial charge in [-0.3, -0.25) is 0 Å². The first-order valence-corrected chi connectivity index (χ1v) is 5.43. The maximum Gasteiger partial charge on any atom is 0.0124 e. The standard InChI is InChI=1S/C11H21N/c1-7-4-8(2)11-10(5-7)6-9(3)12-11/h7-12H,4-6H2,1-3H3/t7?,8-,9?,10?,11?/m1/s1. The van der Waals surface area contributed by atoms with Crippen molar-refractivity contribution in [1.82, 2.24) is 5.32 Å². The molecule has 1 nitrogen and oxygen atoms in total. The first-order valence-electron chi connectivity index (χ1n) is 5.43. The molecular formula is C11H21N. The van der Waals surface area contributed by atoms with E-state index in [4.69, 9.17) is 0 Å². The van der Waals surface area contributed by atoms with Crippen molar-refractivity contribution in [3.05, 3.63) is 0 Å². The summed E-state index contributed by atoms with van der Waals surface area (Å²) in [7, 11) is 0. The molecule has 1 saturated carbocycles. The van der Waals surface area contributed by atoms with Crippen molar-refractivity contribution in [2.45, 2.75) is 52.1 Å². The summed E-state index contributed by atoms with van der Waals surface area (Å²) < 4.78 is 0. The maximum absolute atomic E-state index is 3.73. The van der Waals surface area contributed by atoms with Gasteiger partial charge in [-0.15, -0.1) is 0 Å². The monoisotopic (exact) mass is 167 g/mol. The van der Waals surface area contributed by atoms with E-state index in [-0.39, 0.29) is 0 Å². The summed E-state index contributed by atoms with van der Waals surface area (Å²) in [5.41, 5.74) is 0. The third-order valence-corrected chi connectivity index (χ3v) is 3.73. The Morgan fingerprint density at radius 2 is 1.75 bits per heavy atom. The van der Waals surface area contributed by atoms with Gasteiger partial charge in [-0.1, -0.05) is 13.8 Å². The fourth-order valence-corrected chi connectivity index (χ4v) is 3.40. The first-order chi connectivity index (χ1) is 5.66. The van der Waals surface area contributed by atoms with Crippen LogP contribution in [0.15, 0.2) is 0 Å². The van der Waals surface area contributed by atoms with Crippen LogP contribution in [0.4, 0.5) is 0 Å². The molecule has 2 fully saturated rings. The minimum absolute atomic E-state index is 0.771. The van der Waals surface area contributed by atoms with E-state index < -0.39 is 0 Å². The van der Waals surface area contributed by atoms with Crippen molar-refractivity contribution < 1.29 is 0 Å². The number of rotatable bonds is 0. The van der Waals surface area contributed by atoms with Gasteiger partial charge in [0.15, 0.2) is 0 Å². The molecule has 1 aliphatic carbocycles. The molecule has 2 aliphatic rings. The zero-order chi connectivity index (χ0) is 8.72. The number of fused-ring (bicyclic) bond motifs is 1. The van der Waals surface area contributed by atoms with E-state index in [1.165, 1.54) is 19.3 Å². The Hall–Kier alpha value is -0.0400. The van der Waals surface area contributed by atoms with E-state index in [9.17, 15) is 0 Å². The average molecular weight is 167 g/mol. The largest absolute Gasteiger partial charge is 0.311 e. The van der Waals surface area contributed by atoms with Crippen molar-refractivity contribution in [2.24, 2.45) is 17.8 Å². The first kappa shape index (κ1) is 8.55. The van der Waals surface area contributed by atoms with E-state index >= 15 is 0 Å².